The maximum Gasteiger partial charge on any atom is 0.263 e. The van der Waals surface area contributed by atoms with Crippen LogP contribution < -0.4 is 4.74 Å². The van der Waals surface area contributed by atoms with Crippen LogP contribution in [-0.4, -0.2) is 44.2 Å². The Bertz CT molecular complexity index is 654. The van der Waals surface area contributed by atoms with E-state index in [1.165, 1.54) is 16.9 Å². The number of ether oxygens (including phenoxy) is 2. The van der Waals surface area contributed by atoms with Crippen LogP contribution in [0.2, 0.25) is 0 Å². The van der Waals surface area contributed by atoms with E-state index in [-0.39, 0.29) is 12.0 Å². The molecule has 5 heteroatoms. The number of carbonyl (C=O) groups is 1. The number of nitrogens with zero attached hydrogens (tertiary/aromatic N) is 1. The molecule has 0 saturated carbocycles. The molecule has 1 aliphatic rings. The van der Waals surface area contributed by atoms with Crippen LogP contribution in [0.1, 0.15) is 21.7 Å². The number of hydrogen-bond acceptors (Lipinski definition) is 4. The summed E-state index contributed by atoms with van der Waals surface area (Å²) in [6, 6.07) is 12.0. The van der Waals surface area contributed by atoms with Crippen molar-refractivity contribution in [2.75, 3.05) is 27.3 Å². The van der Waals surface area contributed by atoms with Crippen LogP contribution in [-0.2, 0) is 11.2 Å². The van der Waals surface area contributed by atoms with Crippen molar-refractivity contribution in [3.63, 3.8) is 0 Å². The number of hydrogen-bond donors (Lipinski definition) is 0. The van der Waals surface area contributed by atoms with Gasteiger partial charge in [-0.3, -0.25) is 4.79 Å². The number of benzene rings is 1. The lowest BCUT2D eigenvalue weighted by Crippen LogP contribution is -2.47. The number of methoxy groups -OCH3 is 2. The molecule has 4 nitrogen and oxygen atoms in total. The zero-order valence-electron chi connectivity index (χ0n) is 14.1. The van der Waals surface area contributed by atoms with E-state index in [1.807, 2.05) is 34.5 Å². The predicted octanol–water partition coefficient (Wildman–Crippen LogP) is 3.48. The Balaban J connectivity index is 1.69. The van der Waals surface area contributed by atoms with E-state index in [4.69, 9.17) is 9.47 Å². The van der Waals surface area contributed by atoms with Gasteiger partial charge in [-0.15, -0.1) is 11.3 Å². The molecule has 2 atom stereocenters. The van der Waals surface area contributed by atoms with Crippen LogP contribution in [0.4, 0.5) is 0 Å². The van der Waals surface area contributed by atoms with Crippen LogP contribution in [0.25, 0.3) is 0 Å². The molecule has 1 aromatic heterocycles. The minimum absolute atomic E-state index is 0.138. The molecular formula is C19H23NO3S. The first kappa shape index (κ1) is 17.0. The van der Waals surface area contributed by atoms with Gasteiger partial charge in [-0.25, -0.2) is 0 Å². The summed E-state index contributed by atoms with van der Waals surface area (Å²) in [5.41, 5.74) is 1.24. The topological polar surface area (TPSA) is 38.8 Å². The van der Waals surface area contributed by atoms with Crippen LogP contribution in [0.15, 0.2) is 41.8 Å². The largest absolute Gasteiger partial charge is 0.497 e. The molecule has 0 N–H and O–H groups in total. The van der Waals surface area contributed by atoms with E-state index in [0.29, 0.717) is 5.92 Å². The molecule has 1 aromatic carbocycles. The molecule has 24 heavy (non-hydrogen) atoms. The first-order chi connectivity index (χ1) is 11.7. The zero-order chi connectivity index (χ0) is 16.9. The third-order valence-electron chi connectivity index (χ3n) is 4.64. The summed E-state index contributed by atoms with van der Waals surface area (Å²) in [5.74, 6) is 1.31. The number of likely N-dealkylation sites (tertiary alicyclic amines) is 1. The lowest BCUT2D eigenvalue weighted by molar-refractivity contribution is -0.00284. The summed E-state index contributed by atoms with van der Waals surface area (Å²) < 4.78 is 10.9. The highest BCUT2D eigenvalue weighted by molar-refractivity contribution is 7.12. The molecule has 0 spiro atoms. The molecule has 0 bridgehead atoms. The maximum atomic E-state index is 12.6. The Morgan fingerprint density at radius 3 is 2.67 bits per heavy atom. The minimum atomic E-state index is 0.138. The predicted molar refractivity (Wildman–Crippen MR) is 95.8 cm³/mol. The zero-order valence-corrected chi connectivity index (χ0v) is 14.9. The van der Waals surface area contributed by atoms with Gasteiger partial charge >= 0.3 is 0 Å². The van der Waals surface area contributed by atoms with E-state index in [0.717, 1.165) is 36.6 Å². The van der Waals surface area contributed by atoms with E-state index in [2.05, 4.69) is 12.1 Å². The molecule has 0 radical (unpaired) electrons. The van der Waals surface area contributed by atoms with Crippen LogP contribution in [0.5, 0.6) is 5.75 Å². The van der Waals surface area contributed by atoms with Gasteiger partial charge in [0.2, 0.25) is 0 Å². The second-order valence-electron chi connectivity index (χ2n) is 6.10. The third-order valence-corrected chi connectivity index (χ3v) is 5.50. The van der Waals surface area contributed by atoms with E-state index < -0.39 is 0 Å². The van der Waals surface area contributed by atoms with Gasteiger partial charge in [0, 0.05) is 26.1 Å². The summed E-state index contributed by atoms with van der Waals surface area (Å²) in [5, 5.41) is 1.95. The van der Waals surface area contributed by atoms with Crippen LogP contribution >= 0.6 is 11.3 Å². The van der Waals surface area contributed by atoms with Gasteiger partial charge in [0.25, 0.3) is 5.91 Å². The molecule has 2 heterocycles. The average Bonchev–Trinajstić information content (AvgIpc) is 3.16. The van der Waals surface area contributed by atoms with Gasteiger partial charge in [0.1, 0.15) is 5.75 Å². The van der Waals surface area contributed by atoms with Gasteiger partial charge in [-0.2, -0.15) is 0 Å². The standard InChI is InChI=1S/C19H23NO3S/c1-22-16-7-5-14(6-8-16)12-15-13-20(10-9-17(15)23-2)19(21)18-4-3-11-24-18/h3-8,11,15,17H,9-10,12-13H2,1-2H3/t15-,17+/m0/s1. The Labute approximate surface area is 147 Å². The number of carbonyl (C=O) groups excluding carboxylic acids is 1. The van der Waals surface area contributed by atoms with Gasteiger partial charge in [-0.1, -0.05) is 18.2 Å². The smallest absolute Gasteiger partial charge is 0.263 e. The fourth-order valence-electron chi connectivity index (χ4n) is 3.32. The van der Waals surface area contributed by atoms with Gasteiger partial charge in [0.15, 0.2) is 0 Å². The monoisotopic (exact) mass is 345 g/mol. The van der Waals surface area contributed by atoms with Crippen molar-refractivity contribution in [3.05, 3.63) is 52.2 Å². The Morgan fingerprint density at radius 1 is 1.25 bits per heavy atom. The molecule has 1 aliphatic heterocycles. The normalized spacial score (nSPS) is 20.8. The molecule has 2 aromatic rings. The molecule has 1 fully saturated rings. The first-order valence-corrected chi connectivity index (χ1v) is 9.07. The second-order valence-corrected chi connectivity index (χ2v) is 7.05. The summed E-state index contributed by atoms with van der Waals surface area (Å²) in [6.07, 6.45) is 1.98. The van der Waals surface area contributed by atoms with E-state index in [1.54, 1.807) is 14.2 Å². The molecular weight excluding hydrogens is 322 g/mol. The minimum Gasteiger partial charge on any atom is -0.497 e. The van der Waals surface area contributed by atoms with Crippen molar-refractivity contribution in [1.82, 2.24) is 4.90 Å². The van der Waals surface area contributed by atoms with Gasteiger partial charge < -0.3 is 14.4 Å². The highest BCUT2D eigenvalue weighted by atomic mass is 32.1. The summed E-state index contributed by atoms with van der Waals surface area (Å²) in [7, 11) is 3.44. The molecule has 0 aliphatic carbocycles. The van der Waals surface area contributed by atoms with Crippen molar-refractivity contribution >= 4 is 17.2 Å². The summed E-state index contributed by atoms with van der Waals surface area (Å²) >= 11 is 1.50. The van der Waals surface area contributed by atoms with Gasteiger partial charge in [-0.05, 0) is 42.0 Å². The van der Waals surface area contributed by atoms with Crippen molar-refractivity contribution in [2.24, 2.45) is 5.92 Å². The molecule has 0 unspecified atom stereocenters. The Hall–Kier alpha value is -1.85. The Kier molecular flexibility index (Phi) is 5.53. The molecule has 3 rings (SSSR count). The quantitative estimate of drug-likeness (QED) is 0.833. The van der Waals surface area contributed by atoms with Crippen LogP contribution in [0, 0.1) is 5.92 Å². The van der Waals surface area contributed by atoms with Crippen LogP contribution in [0.3, 0.4) is 0 Å². The number of rotatable bonds is 5. The lowest BCUT2D eigenvalue weighted by atomic mass is 9.88. The lowest BCUT2D eigenvalue weighted by Gasteiger charge is -2.38. The Morgan fingerprint density at radius 2 is 2.04 bits per heavy atom. The third kappa shape index (κ3) is 3.79. The number of amides is 1. The molecule has 1 amide bonds. The fourth-order valence-corrected chi connectivity index (χ4v) is 4.01. The number of piperidine rings is 1. The van der Waals surface area contributed by atoms with Gasteiger partial charge in [0.05, 0.1) is 18.1 Å². The highest BCUT2D eigenvalue weighted by Crippen LogP contribution is 2.26. The van der Waals surface area contributed by atoms with E-state index >= 15 is 0 Å². The van der Waals surface area contributed by atoms with Crippen molar-refractivity contribution in [3.8, 4) is 5.75 Å². The number of thiophene rings is 1. The van der Waals surface area contributed by atoms with E-state index in [9.17, 15) is 4.79 Å². The summed E-state index contributed by atoms with van der Waals surface area (Å²) in [6.45, 7) is 1.50. The van der Waals surface area contributed by atoms with Crippen molar-refractivity contribution in [2.45, 2.75) is 18.9 Å². The SMILES string of the molecule is COc1ccc(C[C@H]2CN(C(=O)c3cccs3)CC[C@H]2OC)cc1. The highest BCUT2D eigenvalue weighted by Gasteiger charge is 2.32. The molecule has 1 saturated heterocycles. The average molecular weight is 345 g/mol. The van der Waals surface area contributed by atoms with Crippen molar-refractivity contribution in [1.29, 1.82) is 0 Å². The first-order valence-electron chi connectivity index (χ1n) is 8.19. The summed E-state index contributed by atoms with van der Waals surface area (Å²) in [4.78, 5) is 15.4. The fraction of sp³-hybridized carbons (Fsp3) is 0.421. The molecule has 128 valence electrons. The maximum absolute atomic E-state index is 12.6. The second kappa shape index (κ2) is 7.81. The van der Waals surface area contributed by atoms with Crippen molar-refractivity contribution < 1.29 is 14.3 Å².